The normalized spacial score (nSPS) is 30.4. The van der Waals surface area contributed by atoms with Gasteiger partial charge in [0.25, 0.3) is 0 Å². The minimum Gasteiger partial charge on any atom is -0.375 e. The van der Waals surface area contributed by atoms with Crippen molar-refractivity contribution in [1.29, 1.82) is 0 Å². The Bertz CT molecular complexity index is 474. The molecule has 0 bridgehead atoms. The third kappa shape index (κ3) is 3.31. The Morgan fingerprint density at radius 3 is 2.95 bits per heavy atom. The Kier molecular flexibility index (Phi) is 3.92. The van der Waals surface area contributed by atoms with Gasteiger partial charge < -0.3 is 15.4 Å². The molecule has 2 fully saturated rings. The lowest BCUT2D eigenvalue weighted by Gasteiger charge is -2.31. The Labute approximate surface area is 120 Å². The summed E-state index contributed by atoms with van der Waals surface area (Å²) in [4.78, 5) is 6.83. The van der Waals surface area contributed by atoms with Crippen molar-refractivity contribution < 1.29 is 4.74 Å². The van der Waals surface area contributed by atoms with Crippen LogP contribution in [0.2, 0.25) is 0 Å². The van der Waals surface area contributed by atoms with Gasteiger partial charge in [-0.3, -0.25) is 0 Å². The van der Waals surface area contributed by atoms with E-state index < -0.39 is 0 Å². The van der Waals surface area contributed by atoms with Crippen LogP contribution in [0.1, 0.15) is 18.9 Å². The summed E-state index contributed by atoms with van der Waals surface area (Å²) in [6, 6.07) is 11.0. The molecule has 3 rings (SSSR count). The molecule has 1 heterocycles. The smallest absolute Gasteiger partial charge is 0.191 e. The highest BCUT2D eigenvalue weighted by molar-refractivity contribution is 5.78. The SMILES string of the molecule is CC1CN(C(N)=NC2CC2Cc2ccccc2)CCO1. The highest BCUT2D eigenvalue weighted by Crippen LogP contribution is 2.36. The summed E-state index contributed by atoms with van der Waals surface area (Å²) < 4.78 is 5.53. The highest BCUT2D eigenvalue weighted by atomic mass is 16.5. The fraction of sp³-hybridized carbons (Fsp3) is 0.562. The zero-order valence-corrected chi connectivity index (χ0v) is 12.0. The molecule has 2 N–H and O–H groups in total. The van der Waals surface area contributed by atoms with Crippen LogP contribution >= 0.6 is 0 Å². The van der Waals surface area contributed by atoms with Crippen LogP contribution in [-0.2, 0) is 11.2 Å². The van der Waals surface area contributed by atoms with Crippen LogP contribution in [0.4, 0.5) is 0 Å². The monoisotopic (exact) mass is 273 g/mol. The first kappa shape index (κ1) is 13.4. The molecule has 20 heavy (non-hydrogen) atoms. The molecule has 2 aliphatic rings. The third-order valence-electron chi connectivity index (χ3n) is 4.09. The van der Waals surface area contributed by atoms with E-state index in [1.807, 2.05) is 0 Å². The highest BCUT2D eigenvalue weighted by Gasteiger charge is 2.37. The van der Waals surface area contributed by atoms with Gasteiger partial charge in [0, 0.05) is 13.1 Å². The van der Waals surface area contributed by atoms with Gasteiger partial charge in [-0.2, -0.15) is 0 Å². The number of rotatable bonds is 3. The van der Waals surface area contributed by atoms with E-state index in [-0.39, 0.29) is 6.10 Å². The topological polar surface area (TPSA) is 50.8 Å². The Morgan fingerprint density at radius 2 is 2.20 bits per heavy atom. The third-order valence-corrected chi connectivity index (χ3v) is 4.09. The fourth-order valence-electron chi connectivity index (χ4n) is 2.80. The van der Waals surface area contributed by atoms with Crippen LogP contribution in [0.25, 0.3) is 0 Å². The number of guanidine groups is 1. The molecular weight excluding hydrogens is 250 g/mol. The molecule has 0 spiro atoms. The summed E-state index contributed by atoms with van der Waals surface area (Å²) in [7, 11) is 0. The number of nitrogens with two attached hydrogens (primary N) is 1. The second-order valence-electron chi connectivity index (χ2n) is 5.87. The molecule has 1 aromatic rings. The lowest BCUT2D eigenvalue weighted by molar-refractivity contribution is 0.00527. The van der Waals surface area contributed by atoms with Gasteiger partial charge in [0.1, 0.15) is 0 Å². The molecule has 1 saturated heterocycles. The van der Waals surface area contributed by atoms with Gasteiger partial charge in [0.05, 0.1) is 18.8 Å². The molecule has 3 unspecified atom stereocenters. The number of benzene rings is 1. The zero-order chi connectivity index (χ0) is 13.9. The minimum atomic E-state index is 0.247. The van der Waals surface area contributed by atoms with E-state index in [2.05, 4.69) is 47.1 Å². The lowest BCUT2D eigenvalue weighted by Crippen LogP contribution is -2.48. The van der Waals surface area contributed by atoms with Crippen molar-refractivity contribution >= 4 is 5.96 Å². The van der Waals surface area contributed by atoms with Crippen molar-refractivity contribution in [3.63, 3.8) is 0 Å². The number of morpholine rings is 1. The van der Waals surface area contributed by atoms with Gasteiger partial charge in [-0.1, -0.05) is 30.3 Å². The predicted octanol–water partition coefficient (Wildman–Crippen LogP) is 1.65. The van der Waals surface area contributed by atoms with Gasteiger partial charge in [0.2, 0.25) is 0 Å². The van der Waals surface area contributed by atoms with Crippen molar-refractivity contribution in [2.75, 3.05) is 19.7 Å². The number of hydrogen-bond donors (Lipinski definition) is 1. The molecule has 4 heteroatoms. The van der Waals surface area contributed by atoms with E-state index in [9.17, 15) is 0 Å². The maximum atomic E-state index is 6.13. The summed E-state index contributed by atoms with van der Waals surface area (Å²) in [5.41, 5.74) is 7.52. The Hall–Kier alpha value is -1.55. The van der Waals surface area contributed by atoms with Crippen LogP contribution in [0.3, 0.4) is 0 Å². The van der Waals surface area contributed by atoms with Crippen LogP contribution in [0, 0.1) is 5.92 Å². The van der Waals surface area contributed by atoms with Gasteiger partial charge in [-0.15, -0.1) is 0 Å². The maximum absolute atomic E-state index is 6.13. The molecular formula is C16H23N3O. The molecule has 3 atom stereocenters. The molecule has 4 nitrogen and oxygen atoms in total. The van der Waals surface area contributed by atoms with E-state index >= 15 is 0 Å². The van der Waals surface area contributed by atoms with Crippen molar-refractivity contribution in [1.82, 2.24) is 4.90 Å². The maximum Gasteiger partial charge on any atom is 0.191 e. The van der Waals surface area contributed by atoms with E-state index in [0.717, 1.165) is 32.5 Å². The van der Waals surface area contributed by atoms with Crippen molar-refractivity contribution in [2.45, 2.75) is 31.9 Å². The number of ether oxygens (including phenoxy) is 1. The van der Waals surface area contributed by atoms with E-state index in [1.54, 1.807) is 0 Å². The molecule has 0 amide bonds. The van der Waals surface area contributed by atoms with Gasteiger partial charge >= 0.3 is 0 Å². The molecule has 1 aliphatic carbocycles. The molecule has 1 saturated carbocycles. The van der Waals surface area contributed by atoms with Gasteiger partial charge in [0.15, 0.2) is 5.96 Å². The summed E-state index contributed by atoms with van der Waals surface area (Å²) >= 11 is 0. The Balaban J connectivity index is 1.52. The molecule has 1 aromatic carbocycles. The van der Waals surface area contributed by atoms with Crippen molar-refractivity contribution in [3.8, 4) is 0 Å². The van der Waals surface area contributed by atoms with E-state index in [4.69, 9.17) is 10.5 Å². The summed E-state index contributed by atoms with van der Waals surface area (Å²) in [5, 5.41) is 0. The summed E-state index contributed by atoms with van der Waals surface area (Å²) in [5.74, 6) is 1.36. The second-order valence-corrected chi connectivity index (χ2v) is 5.87. The Morgan fingerprint density at radius 1 is 1.40 bits per heavy atom. The largest absolute Gasteiger partial charge is 0.375 e. The zero-order valence-electron chi connectivity index (χ0n) is 12.0. The molecule has 0 aromatic heterocycles. The second kappa shape index (κ2) is 5.83. The van der Waals surface area contributed by atoms with Gasteiger partial charge in [-0.25, -0.2) is 4.99 Å². The quantitative estimate of drug-likeness (QED) is 0.673. The first-order valence-electron chi connectivity index (χ1n) is 7.46. The standard InChI is InChI=1S/C16H23N3O/c1-12-11-19(7-8-20-12)16(17)18-15-10-14(15)9-13-5-3-2-4-6-13/h2-6,12,14-15H,7-11H2,1H3,(H2,17,18). The first-order valence-corrected chi connectivity index (χ1v) is 7.46. The van der Waals surface area contributed by atoms with Crippen LogP contribution in [-0.4, -0.2) is 42.7 Å². The fourth-order valence-corrected chi connectivity index (χ4v) is 2.80. The predicted molar refractivity (Wildman–Crippen MR) is 80.7 cm³/mol. The summed E-state index contributed by atoms with van der Waals surface area (Å²) in [6.45, 7) is 4.53. The van der Waals surface area contributed by atoms with E-state index in [0.29, 0.717) is 17.9 Å². The van der Waals surface area contributed by atoms with E-state index in [1.165, 1.54) is 5.56 Å². The first-order chi connectivity index (χ1) is 9.72. The van der Waals surface area contributed by atoms with Crippen LogP contribution < -0.4 is 5.73 Å². The average Bonchev–Trinajstić information content (AvgIpc) is 3.17. The van der Waals surface area contributed by atoms with Gasteiger partial charge in [-0.05, 0) is 31.2 Å². The summed E-state index contributed by atoms with van der Waals surface area (Å²) in [6.07, 6.45) is 2.52. The van der Waals surface area contributed by atoms with Crippen LogP contribution in [0.15, 0.2) is 35.3 Å². The van der Waals surface area contributed by atoms with Crippen molar-refractivity contribution in [2.24, 2.45) is 16.6 Å². The molecule has 108 valence electrons. The van der Waals surface area contributed by atoms with Crippen LogP contribution in [0.5, 0.6) is 0 Å². The number of aliphatic imine (C=N–C) groups is 1. The average molecular weight is 273 g/mol. The minimum absolute atomic E-state index is 0.247. The van der Waals surface area contributed by atoms with Crippen molar-refractivity contribution in [3.05, 3.63) is 35.9 Å². The number of nitrogens with zero attached hydrogens (tertiary/aromatic N) is 2. The molecule has 0 radical (unpaired) electrons. The number of hydrogen-bond acceptors (Lipinski definition) is 2. The molecule has 1 aliphatic heterocycles. The lowest BCUT2D eigenvalue weighted by atomic mass is 10.1.